The van der Waals surface area contributed by atoms with Crippen molar-refractivity contribution in [3.05, 3.63) is 131 Å². The fourth-order valence-electron chi connectivity index (χ4n) is 6.45. The number of likely N-dealkylation sites (tertiary alicyclic amines) is 1. The predicted octanol–water partition coefficient (Wildman–Crippen LogP) is 7.02. The van der Waals surface area contributed by atoms with Crippen molar-refractivity contribution >= 4 is 28.8 Å². The topological polar surface area (TPSA) is 104 Å². The molecule has 240 valence electrons. The molecule has 1 fully saturated rings. The van der Waals surface area contributed by atoms with Crippen LogP contribution in [-0.4, -0.2) is 52.1 Å². The molecule has 1 aliphatic heterocycles. The maximum atomic E-state index is 13.2. The van der Waals surface area contributed by atoms with E-state index in [4.69, 9.17) is 0 Å². The third-order valence-corrected chi connectivity index (χ3v) is 9.40. The summed E-state index contributed by atoms with van der Waals surface area (Å²) in [6, 6.07) is 30.8. The lowest BCUT2D eigenvalue weighted by atomic mass is 9.97. The molecule has 0 unspecified atom stereocenters. The van der Waals surface area contributed by atoms with Gasteiger partial charge < -0.3 is 25.2 Å². The van der Waals surface area contributed by atoms with Crippen molar-refractivity contribution in [2.45, 2.75) is 39.8 Å². The summed E-state index contributed by atoms with van der Waals surface area (Å²) in [6.07, 6.45) is 1.71. The first-order chi connectivity index (χ1) is 22.8. The monoisotopic (exact) mass is 628 g/mol. The second-order valence-corrected chi connectivity index (χ2v) is 12.4. The molecule has 1 aliphatic rings. The van der Waals surface area contributed by atoms with Crippen LogP contribution in [0.4, 0.5) is 4.79 Å². The van der Waals surface area contributed by atoms with Gasteiger partial charge in [0.15, 0.2) is 0 Å². The number of piperidine rings is 1. The molecule has 1 aromatic heterocycles. The highest BCUT2D eigenvalue weighted by molar-refractivity contribution is 5.99. The zero-order chi connectivity index (χ0) is 32.9. The van der Waals surface area contributed by atoms with Crippen molar-refractivity contribution in [1.29, 1.82) is 0 Å². The lowest BCUT2D eigenvalue weighted by Crippen LogP contribution is -2.45. The highest BCUT2D eigenvalue weighted by Gasteiger charge is 2.23. The van der Waals surface area contributed by atoms with Gasteiger partial charge in [0.2, 0.25) is 0 Å². The first kappa shape index (κ1) is 31.6. The minimum Gasteiger partial charge on any atom is -0.478 e. The normalized spacial score (nSPS) is 13.4. The van der Waals surface area contributed by atoms with E-state index in [2.05, 4.69) is 29.0 Å². The second-order valence-electron chi connectivity index (χ2n) is 12.4. The fraction of sp³-hybridized carbons (Fsp3) is 0.256. The Hall–Kier alpha value is -5.37. The zero-order valence-corrected chi connectivity index (χ0v) is 26.8. The van der Waals surface area contributed by atoms with E-state index in [1.54, 1.807) is 12.1 Å². The third-order valence-electron chi connectivity index (χ3n) is 9.40. The van der Waals surface area contributed by atoms with Crippen LogP contribution < -0.4 is 10.6 Å². The molecular weight excluding hydrogens is 588 g/mol. The molecule has 47 heavy (non-hydrogen) atoms. The first-order valence-electron chi connectivity index (χ1n) is 16.1. The van der Waals surface area contributed by atoms with E-state index in [0.29, 0.717) is 49.8 Å². The molecule has 5 aromatic rings. The predicted molar refractivity (Wildman–Crippen MR) is 185 cm³/mol. The number of hydrogen-bond donors (Lipinski definition) is 3. The molecule has 2 heterocycles. The number of aryl methyl sites for hydroxylation is 1. The Morgan fingerprint density at radius 1 is 0.809 bits per heavy atom. The van der Waals surface area contributed by atoms with Crippen LogP contribution in [0.3, 0.4) is 0 Å². The molecule has 8 heteroatoms. The number of rotatable bonds is 9. The van der Waals surface area contributed by atoms with Crippen LogP contribution in [0.1, 0.15) is 55.9 Å². The van der Waals surface area contributed by atoms with Gasteiger partial charge in [0, 0.05) is 54.9 Å². The van der Waals surface area contributed by atoms with Crippen LogP contribution in [0, 0.1) is 19.8 Å². The Balaban J connectivity index is 1.05. The number of urea groups is 1. The van der Waals surface area contributed by atoms with E-state index < -0.39 is 5.97 Å². The van der Waals surface area contributed by atoms with Gasteiger partial charge in [-0.3, -0.25) is 4.79 Å². The summed E-state index contributed by atoms with van der Waals surface area (Å²) in [4.78, 5) is 39.4. The quantitative estimate of drug-likeness (QED) is 0.163. The molecule has 0 saturated carbocycles. The van der Waals surface area contributed by atoms with Gasteiger partial charge in [0.25, 0.3) is 5.91 Å². The number of benzene rings is 4. The van der Waals surface area contributed by atoms with Crippen LogP contribution >= 0.6 is 0 Å². The van der Waals surface area contributed by atoms with Crippen LogP contribution in [0.2, 0.25) is 0 Å². The summed E-state index contributed by atoms with van der Waals surface area (Å²) < 4.78 is 2.26. The van der Waals surface area contributed by atoms with E-state index in [-0.39, 0.29) is 17.5 Å². The summed E-state index contributed by atoms with van der Waals surface area (Å²) in [5.74, 6) is -0.698. The number of carboxylic acid groups (broad SMARTS) is 1. The van der Waals surface area contributed by atoms with Crippen molar-refractivity contribution in [2.75, 3.05) is 19.6 Å². The number of aromatic nitrogens is 1. The van der Waals surface area contributed by atoms with Gasteiger partial charge in [-0.25, -0.2) is 9.59 Å². The Bertz CT molecular complexity index is 1910. The summed E-state index contributed by atoms with van der Waals surface area (Å²) in [5.41, 5.74) is 8.00. The van der Waals surface area contributed by atoms with E-state index in [9.17, 15) is 19.5 Å². The second kappa shape index (κ2) is 14.0. The SMILES string of the molecule is Cc1c(C)n(Cc2ccc(-c3ccccc3C(=O)O)cc2)c2ccc(C(=O)NCC3CCN(C(=O)NCc4ccccc4)CC3)cc12. The minimum atomic E-state index is -0.941. The van der Waals surface area contributed by atoms with Gasteiger partial charge in [-0.2, -0.15) is 0 Å². The molecule has 4 aromatic carbocycles. The molecule has 6 rings (SSSR count). The maximum Gasteiger partial charge on any atom is 0.336 e. The number of hydrogen-bond acceptors (Lipinski definition) is 3. The largest absolute Gasteiger partial charge is 0.478 e. The van der Waals surface area contributed by atoms with Crippen molar-refractivity contribution in [3.63, 3.8) is 0 Å². The summed E-state index contributed by atoms with van der Waals surface area (Å²) in [5, 5.41) is 16.8. The van der Waals surface area contributed by atoms with E-state index in [1.165, 1.54) is 0 Å². The molecule has 0 radical (unpaired) electrons. The van der Waals surface area contributed by atoms with Crippen LogP contribution in [0.25, 0.3) is 22.0 Å². The van der Waals surface area contributed by atoms with Crippen molar-refractivity contribution < 1.29 is 19.5 Å². The number of nitrogens with zero attached hydrogens (tertiary/aromatic N) is 2. The average Bonchev–Trinajstić information content (AvgIpc) is 3.34. The standard InChI is InChI=1S/C39H40N4O4/c1-26-27(2)43(25-30-12-14-31(15-13-30)33-10-6-7-11-34(33)38(45)46)36-17-16-32(22-35(26)36)37(44)40-23-29-18-20-42(21-19-29)39(47)41-24-28-8-4-3-5-9-28/h3-17,22,29H,18-21,23-25H2,1-2H3,(H,40,44)(H,41,47)(H,45,46). The van der Waals surface area contributed by atoms with Crippen LogP contribution in [0.15, 0.2) is 97.1 Å². The van der Waals surface area contributed by atoms with Gasteiger partial charge in [-0.1, -0.05) is 72.8 Å². The highest BCUT2D eigenvalue weighted by atomic mass is 16.4. The molecule has 8 nitrogen and oxygen atoms in total. The molecule has 1 saturated heterocycles. The lowest BCUT2D eigenvalue weighted by molar-refractivity contribution is 0.0697. The smallest absolute Gasteiger partial charge is 0.336 e. The third kappa shape index (κ3) is 7.07. The number of nitrogens with one attached hydrogen (secondary N) is 2. The molecule has 0 spiro atoms. The maximum absolute atomic E-state index is 13.2. The summed E-state index contributed by atoms with van der Waals surface area (Å²) >= 11 is 0. The lowest BCUT2D eigenvalue weighted by Gasteiger charge is -2.32. The number of fused-ring (bicyclic) bond motifs is 1. The van der Waals surface area contributed by atoms with E-state index >= 15 is 0 Å². The van der Waals surface area contributed by atoms with Gasteiger partial charge in [-0.15, -0.1) is 0 Å². The molecule has 0 atom stereocenters. The van der Waals surface area contributed by atoms with Gasteiger partial charge in [0.1, 0.15) is 0 Å². The highest BCUT2D eigenvalue weighted by Crippen LogP contribution is 2.29. The Labute approximate surface area is 275 Å². The molecule has 0 bridgehead atoms. The number of carbonyl (C=O) groups excluding carboxylic acids is 2. The number of amides is 3. The van der Waals surface area contributed by atoms with Crippen LogP contribution in [0.5, 0.6) is 0 Å². The van der Waals surface area contributed by atoms with Gasteiger partial charge in [0.05, 0.1) is 5.56 Å². The summed E-state index contributed by atoms with van der Waals surface area (Å²) in [6.45, 7) is 7.30. The molecule has 3 amide bonds. The fourth-order valence-corrected chi connectivity index (χ4v) is 6.45. The van der Waals surface area contributed by atoms with Crippen molar-refractivity contribution in [1.82, 2.24) is 20.1 Å². The van der Waals surface area contributed by atoms with E-state index in [0.717, 1.165) is 51.7 Å². The first-order valence-corrected chi connectivity index (χ1v) is 16.1. The zero-order valence-electron chi connectivity index (χ0n) is 26.8. The van der Waals surface area contributed by atoms with Gasteiger partial charge in [-0.05, 0) is 84.7 Å². The van der Waals surface area contributed by atoms with E-state index in [1.807, 2.05) is 89.8 Å². The Morgan fingerprint density at radius 2 is 1.51 bits per heavy atom. The average molecular weight is 629 g/mol. The Morgan fingerprint density at radius 3 is 2.23 bits per heavy atom. The number of carboxylic acids is 1. The molecular formula is C39H40N4O4. The minimum absolute atomic E-state index is 0.0410. The van der Waals surface area contributed by atoms with Crippen molar-refractivity contribution in [3.8, 4) is 11.1 Å². The number of aromatic carboxylic acids is 1. The van der Waals surface area contributed by atoms with Gasteiger partial charge >= 0.3 is 12.0 Å². The molecule has 0 aliphatic carbocycles. The van der Waals surface area contributed by atoms with Crippen LogP contribution in [-0.2, 0) is 13.1 Å². The Kier molecular flexibility index (Phi) is 9.38. The van der Waals surface area contributed by atoms with Crippen molar-refractivity contribution in [2.24, 2.45) is 5.92 Å². The summed E-state index contributed by atoms with van der Waals surface area (Å²) in [7, 11) is 0. The molecule has 3 N–H and O–H groups in total. The number of carbonyl (C=O) groups is 3.